The summed E-state index contributed by atoms with van der Waals surface area (Å²) in [7, 11) is 1.90. The Balaban J connectivity index is 2.52. The number of phenols is 1. The molecule has 0 atom stereocenters. The van der Waals surface area contributed by atoms with Gasteiger partial charge in [0.1, 0.15) is 11.4 Å². The van der Waals surface area contributed by atoms with Gasteiger partial charge in [0.05, 0.1) is 5.69 Å². The summed E-state index contributed by atoms with van der Waals surface area (Å²) >= 11 is 0. The minimum atomic E-state index is -0.0582. The lowest BCUT2D eigenvalue weighted by Crippen LogP contribution is -2.18. The van der Waals surface area contributed by atoms with Gasteiger partial charge >= 0.3 is 0 Å². The van der Waals surface area contributed by atoms with Crippen molar-refractivity contribution in [1.82, 2.24) is 0 Å². The van der Waals surface area contributed by atoms with E-state index in [-0.39, 0.29) is 11.7 Å². The average Bonchev–Trinajstić information content (AvgIpc) is 2.30. The summed E-state index contributed by atoms with van der Waals surface area (Å²) in [5, 5.41) is 12.3. The molecule has 4 nitrogen and oxygen atoms in total. The maximum absolute atomic E-state index is 11.3. The fraction of sp³-hybridized carbons (Fsp3) is 0.300. The minimum absolute atomic E-state index is 0.0582. The van der Waals surface area contributed by atoms with E-state index in [1.54, 1.807) is 12.1 Å². The van der Waals surface area contributed by atoms with Gasteiger partial charge in [0, 0.05) is 20.0 Å². The van der Waals surface area contributed by atoms with Crippen molar-refractivity contribution in [3.05, 3.63) is 18.2 Å². The van der Waals surface area contributed by atoms with Crippen LogP contribution in [0, 0.1) is 0 Å². The van der Waals surface area contributed by atoms with Crippen LogP contribution in [0.5, 0.6) is 5.75 Å². The first-order chi connectivity index (χ1) is 6.68. The van der Waals surface area contributed by atoms with Crippen molar-refractivity contribution >= 4 is 17.3 Å². The van der Waals surface area contributed by atoms with Crippen LogP contribution in [0.1, 0.15) is 6.42 Å². The standard InChI is InChI=1S/C10H12N2O2/c1-12-6-5-9(14)11-10-7(12)3-2-4-8(10)13/h2-4,13H,5-6H2,1H3,(H,11,14). The number of anilines is 2. The third-order valence-corrected chi connectivity index (χ3v) is 2.37. The second kappa shape index (κ2) is 3.21. The molecular formula is C10H12N2O2. The first-order valence-electron chi connectivity index (χ1n) is 4.51. The largest absolute Gasteiger partial charge is 0.506 e. The molecule has 0 bridgehead atoms. The van der Waals surface area contributed by atoms with Crippen LogP contribution in [-0.4, -0.2) is 24.6 Å². The van der Waals surface area contributed by atoms with E-state index in [0.29, 0.717) is 18.7 Å². The zero-order valence-electron chi connectivity index (χ0n) is 7.95. The van der Waals surface area contributed by atoms with E-state index in [2.05, 4.69) is 5.32 Å². The Kier molecular flexibility index (Phi) is 2.04. The van der Waals surface area contributed by atoms with Crippen LogP contribution in [0.25, 0.3) is 0 Å². The minimum Gasteiger partial charge on any atom is -0.506 e. The van der Waals surface area contributed by atoms with Gasteiger partial charge in [-0.25, -0.2) is 0 Å². The lowest BCUT2D eigenvalue weighted by Gasteiger charge is -2.18. The number of aromatic hydroxyl groups is 1. The summed E-state index contributed by atoms with van der Waals surface area (Å²) in [6.07, 6.45) is 0.449. The number of fused-ring (bicyclic) bond motifs is 1. The maximum atomic E-state index is 11.3. The third-order valence-electron chi connectivity index (χ3n) is 2.37. The van der Waals surface area contributed by atoms with Gasteiger partial charge in [-0.2, -0.15) is 0 Å². The van der Waals surface area contributed by atoms with E-state index in [4.69, 9.17) is 0 Å². The maximum Gasteiger partial charge on any atom is 0.226 e. The second-order valence-electron chi connectivity index (χ2n) is 3.39. The molecule has 0 aromatic heterocycles. The lowest BCUT2D eigenvalue weighted by atomic mass is 10.2. The van der Waals surface area contributed by atoms with E-state index in [1.165, 1.54) is 0 Å². The summed E-state index contributed by atoms with van der Waals surface area (Å²) in [4.78, 5) is 13.2. The number of nitrogens with one attached hydrogen (secondary N) is 1. The summed E-state index contributed by atoms with van der Waals surface area (Å²) < 4.78 is 0. The van der Waals surface area contributed by atoms with E-state index in [1.807, 2.05) is 18.0 Å². The molecule has 0 fully saturated rings. The van der Waals surface area contributed by atoms with Crippen LogP contribution in [-0.2, 0) is 4.79 Å². The van der Waals surface area contributed by atoms with Crippen LogP contribution in [0.2, 0.25) is 0 Å². The highest BCUT2D eigenvalue weighted by Gasteiger charge is 2.18. The van der Waals surface area contributed by atoms with Gasteiger partial charge in [-0.3, -0.25) is 4.79 Å². The molecule has 1 amide bonds. The zero-order chi connectivity index (χ0) is 10.1. The Hall–Kier alpha value is -1.71. The van der Waals surface area contributed by atoms with Crippen molar-refractivity contribution in [2.45, 2.75) is 6.42 Å². The van der Waals surface area contributed by atoms with Gasteiger partial charge in [0.2, 0.25) is 5.91 Å². The Bertz CT molecular complexity index is 376. The molecule has 0 spiro atoms. The molecule has 0 unspecified atom stereocenters. The first-order valence-corrected chi connectivity index (χ1v) is 4.51. The Labute approximate surface area is 82.2 Å². The molecule has 0 aliphatic carbocycles. The van der Waals surface area contributed by atoms with Gasteiger partial charge in [0.15, 0.2) is 0 Å². The van der Waals surface area contributed by atoms with Crippen LogP contribution >= 0.6 is 0 Å². The van der Waals surface area contributed by atoms with Gasteiger partial charge in [-0.05, 0) is 12.1 Å². The third kappa shape index (κ3) is 1.39. The predicted molar refractivity (Wildman–Crippen MR) is 54.6 cm³/mol. The molecular weight excluding hydrogens is 180 g/mol. The van der Waals surface area contributed by atoms with E-state index >= 15 is 0 Å². The number of carbonyl (C=O) groups excluding carboxylic acids is 1. The number of amides is 1. The molecule has 4 heteroatoms. The molecule has 1 aliphatic heterocycles. The van der Waals surface area contributed by atoms with E-state index in [9.17, 15) is 9.90 Å². The van der Waals surface area contributed by atoms with Crippen molar-refractivity contribution in [3.8, 4) is 5.75 Å². The highest BCUT2D eigenvalue weighted by molar-refractivity contribution is 5.98. The topological polar surface area (TPSA) is 52.6 Å². The number of nitrogens with zero attached hydrogens (tertiary/aromatic N) is 1. The quantitative estimate of drug-likeness (QED) is 0.607. The van der Waals surface area contributed by atoms with Gasteiger partial charge in [0.25, 0.3) is 0 Å². The summed E-state index contributed by atoms with van der Waals surface area (Å²) in [5.41, 5.74) is 1.37. The smallest absolute Gasteiger partial charge is 0.226 e. The molecule has 1 heterocycles. The molecule has 2 rings (SSSR count). The van der Waals surface area contributed by atoms with Crippen LogP contribution in [0.3, 0.4) is 0 Å². The monoisotopic (exact) mass is 192 g/mol. The average molecular weight is 192 g/mol. The molecule has 74 valence electrons. The molecule has 0 saturated heterocycles. The number of phenolic OH excluding ortho intramolecular Hbond substituents is 1. The molecule has 14 heavy (non-hydrogen) atoms. The Morgan fingerprint density at radius 3 is 3.07 bits per heavy atom. The number of benzene rings is 1. The van der Waals surface area contributed by atoms with Gasteiger partial charge in [-0.1, -0.05) is 6.07 Å². The van der Waals surface area contributed by atoms with Crippen molar-refractivity contribution in [1.29, 1.82) is 0 Å². The van der Waals surface area contributed by atoms with Gasteiger partial charge in [-0.15, -0.1) is 0 Å². The number of rotatable bonds is 0. The molecule has 1 aromatic rings. The van der Waals surface area contributed by atoms with Gasteiger partial charge < -0.3 is 15.3 Å². The second-order valence-corrected chi connectivity index (χ2v) is 3.39. The molecule has 0 radical (unpaired) electrons. The van der Waals surface area contributed by atoms with Crippen molar-refractivity contribution in [2.24, 2.45) is 0 Å². The lowest BCUT2D eigenvalue weighted by molar-refractivity contribution is -0.115. The molecule has 0 saturated carbocycles. The SMILES string of the molecule is CN1CCC(=O)Nc2c(O)cccc21. The number of hydrogen-bond donors (Lipinski definition) is 2. The Morgan fingerprint density at radius 1 is 1.50 bits per heavy atom. The number of carbonyl (C=O) groups is 1. The molecule has 1 aliphatic rings. The van der Waals surface area contributed by atoms with Crippen molar-refractivity contribution < 1.29 is 9.90 Å². The van der Waals surface area contributed by atoms with Crippen molar-refractivity contribution in [2.75, 3.05) is 23.8 Å². The summed E-state index contributed by atoms with van der Waals surface area (Å²) in [5.74, 6) is 0.0571. The number of para-hydroxylation sites is 1. The van der Waals surface area contributed by atoms with Crippen LogP contribution in [0.15, 0.2) is 18.2 Å². The van der Waals surface area contributed by atoms with Crippen LogP contribution < -0.4 is 10.2 Å². The normalized spacial score (nSPS) is 15.8. The highest BCUT2D eigenvalue weighted by atomic mass is 16.3. The van der Waals surface area contributed by atoms with E-state index in [0.717, 1.165) is 5.69 Å². The Morgan fingerprint density at radius 2 is 2.29 bits per heavy atom. The first kappa shape index (κ1) is 8.87. The molecule has 1 aromatic carbocycles. The number of hydrogen-bond acceptors (Lipinski definition) is 3. The molecule has 2 N–H and O–H groups in total. The summed E-state index contributed by atoms with van der Waals surface area (Å²) in [6.45, 7) is 0.669. The fourth-order valence-electron chi connectivity index (χ4n) is 1.57. The van der Waals surface area contributed by atoms with Crippen molar-refractivity contribution in [3.63, 3.8) is 0 Å². The predicted octanol–water partition coefficient (Wildman–Crippen LogP) is 1.17. The summed E-state index contributed by atoms with van der Waals surface area (Å²) in [6, 6.07) is 5.21. The highest BCUT2D eigenvalue weighted by Crippen LogP contribution is 2.35. The van der Waals surface area contributed by atoms with Crippen LogP contribution in [0.4, 0.5) is 11.4 Å². The fourth-order valence-corrected chi connectivity index (χ4v) is 1.57. The zero-order valence-corrected chi connectivity index (χ0v) is 7.95. The van der Waals surface area contributed by atoms with E-state index < -0.39 is 0 Å².